The molecular weight excluding hydrogens is 172 g/mol. The van der Waals surface area contributed by atoms with Crippen molar-refractivity contribution < 1.29 is 0 Å². The van der Waals surface area contributed by atoms with E-state index < -0.39 is 0 Å². The first-order valence-corrected chi connectivity index (χ1v) is 5.36. The molecule has 0 aliphatic carbocycles. The van der Waals surface area contributed by atoms with Gasteiger partial charge in [-0.3, -0.25) is 0 Å². The minimum Gasteiger partial charge on any atom is -0.316 e. The van der Waals surface area contributed by atoms with Gasteiger partial charge in [0.25, 0.3) is 0 Å². The second-order valence-electron chi connectivity index (χ2n) is 3.56. The maximum absolute atomic E-state index is 5.74. The molecule has 2 heteroatoms. The van der Waals surface area contributed by atoms with Gasteiger partial charge >= 0.3 is 0 Å². The number of hydrogen-bond acceptors (Lipinski definition) is 2. The van der Waals surface area contributed by atoms with Crippen LogP contribution in [0.15, 0.2) is 30.3 Å². The Hall–Kier alpha value is -0.860. The number of nitrogens with one attached hydrogen (secondary N) is 1. The molecule has 2 nitrogen and oxygen atoms in total. The summed E-state index contributed by atoms with van der Waals surface area (Å²) in [5.74, 6) is 0. The van der Waals surface area contributed by atoms with Crippen LogP contribution in [0.1, 0.15) is 25.3 Å². The lowest BCUT2D eigenvalue weighted by Crippen LogP contribution is -2.37. The van der Waals surface area contributed by atoms with Gasteiger partial charge in [-0.1, -0.05) is 37.3 Å². The molecule has 0 saturated heterocycles. The van der Waals surface area contributed by atoms with Crippen molar-refractivity contribution in [3.8, 4) is 0 Å². The molecule has 0 aliphatic rings. The van der Waals surface area contributed by atoms with Crippen LogP contribution in [0, 0.1) is 0 Å². The molecule has 0 aromatic heterocycles. The topological polar surface area (TPSA) is 38.0 Å². The van der Waals surface area contributed by atoms with E-state index in [1.165, 1.54) is 5.56 Å². The highest BCUT2D eigenvalue weighted by molar-refractivity contribution is 5.14. The number of aryl methyl sites for hydroxylation is 1. The lowest BCUT2D eigenvalue weighted by molar-refractivity contribution is 0.505. The molecule has 0 bridgehead atoms. The van der Waals surface area contributed by atoms with Gasteiger partial charge in [-0.05, 0) is 31.4 Å². The number of rotatable bonds is 6. The Morgan fingerprint density at radius 3 is 2.64 bits per heavy atom. The fraction of sp³-hybridized carbons (Fsp3) is 0.500. The van der Waals surface area contributed by atoms with Gasteiger partial charge in [-0.25, -0.2) is 0 Å². The third-order valence-corrected chi connectivity index (χ3v) is 2.33. The number of nitrogens with two attached hydrogens (primary N) is 1. The summed E-state index contributed by atoms with van der Waals surface area (Å²) in [6, 6.07) is 10.6. The molecule has 1 aromatic rings. The van der Waals surface area contributed by atoms with Crippen molar-refractivity contribution in [2.45, 2.75) is 32.4 Å². The second kappa shape index (κ2) is 6.57. The fourth-order valence-electron chi connectivity index (χ4n) is 1.37. The average molecular weight is 192 g/mol. The van der Waals surface area contributed by atoms with E-state index in [2.05, 4.69) is 42.6 Å². The number of benzene rings is 1. The summed E-state index contributed by atoms with van der Waals surface area (Å²) in [6.07, 6.45) is 3.43. The Kier molecular flexibility index (Phi) is 5.27. The molecule has 1 rings (SSSR count). The van der Waals surface area contributed by atoms with E-state index >= 15 is 0 Å². The standard InChI is InChI=1S/C12H20N2/c1-2-12(13)14-10-6-9-11-7-4-3-5-8-11/h3-5,7-8,12,14H,2,6,9-10,13H2,1H3. The zero-order chi connectivity index (χ0) is 10.2. The van der Waals surface area contributed by atoms with Crippen molar-refractivity contribution in [3.63, 3.8) is 0 Å². The highest BCUT2D eigenvalue weighted by Gasteiger charge is 1.96. The summed E-state index contributed by atoms with van der Waals surface area (Å²) < 4.78 is 0. The van der Waals surface area contributed by atoms with Crippen molar-refractivity contribution >= 4 is 0 Å². The molecule has 0 radical (unpaired) electrons. The Bertz CT molecular complexity index is 233. The first kappa shape index (κ1) is 11.2. The van der Waals surface area contributed by atoms with E-state index in [-0.39, 0.29) is 6.17 Å². The molecule has 0 saturated carbocycles. The lowest BCUT2D eigenvalue weighted by atomic mass is 10.1. The maximum Gasteiger partial charge on any atom is 0.0543 e. The normalized spacial score (nSPS) is 12.7. The van der Waals surface area contributed by atoms with Crippen molar-refractivity contribution in [1.82, 2.24) is 5.32 Å². The smallest absolute Gasteiger partial charge is 0.0543 e. The van der Waals surface area contributed by atoms with Crippen LogP contribution in [-0.2, 0) is 6.42 Å². The summed E-state index contributed by atoms with van der Waals surface area (Å²) in [5, 5.41) is 3.28. The van der Waals surface area contributed by atoms with Gasteiger partial charge in [0, 0.05) is 0 Å². The summed E-state index contributed by atoms with van der Waals surface area (Å²) in [6.45, 7) is 3.10. The van der Waals surface area contributed by atoms with Gasteiger partial charge in [-0.2, -0.15) is 0 Å². The molecule has 0 heterocycles. The molecule has 0 spiro atoms. The Morgan fingerprint density at radius 2 is 2.00 bits per heavy atom. The third kappa shape index (κ3) is 4.40. The third-order valence-electron chi connectivity index (χ3n) is 2.33. The summed E-state index contributed by atoms with van der Waals surface area (Å²) in [5.41, 5.74) is 7.14. The van der Waals surface area contributed by atoms with Gasteiger partial charge in [0.1, 0.15) is 0 Å². The van der Waals surface area contributed by atoms with E-state index in [0.29, 0.717) is 0 Å². The first-order valence-electron chi connectivity index (χ1n) is 5.36. The van der Waals surface area contributed by atoms with E-state index in [1.807, 2.05) is 0 Å². The van der Waals surface area contributed by atoms with E-state index in [9.17, 15) is 0 Å². The van der Waals surface area contributed by atoms with E-state index in [4.69, 9.17) is 5.73 Å². The predicted molar refractivity (Wildman–Crippen MR) is 61.0 cm³/mol. The van der Waals surface area contributed by atoms with Crippen LogP contribution in [0.25, 0.3) is 0 Å². The van der Waals surface area contributed by atoms with E-state index in [0.717, 1.165) is 25.8 Å². The Labute approximate surface area is 86.5 Å². The first-order chi connectivity index (χ1) is 6.83. The minimum absolute atomic E-state index is 0.158. The minimum atomic E-state index is 0.158. The van der Waals surface area contributed by atoms with Crippen LogP contribution in [0.2, 0.25) is 0 Å². The van der Waals surface area contributed by atoms with Crippen LogP contribution in [-0.4, -0.2) is 12.7 Å². The monoisotopic (exact) mass is 192 g/mol. The van der Waals surface area contributed by atoms with Crippen LogP contribution in [0.4, 0.5) is 0 Å². The Morgan fingerprint density at radius 1 is 1.29 bits per heavy atom. The predicted octanol–water partition coefficient (Wildman–Crippen LogP) is 1.90. The summed E-state index contributed by atoms with van der Waals surface area (Å²) in [4.78, 5) is 0. The van der Waals surface area contributed by atoms with Crippen molar-refractivity contribution in [2.24, 2.45) is 5.73 Å². The van der Waals surface area contributed by atoms with Crippen molar-refractivity contribution in [3.05, 3.63) is 35.9 Å². The van der Waals surface area contributed by atoms with Gasteiger partial charge in [0.05, 0.1) is 6.17 Å². The van der Waals surface area contributed by atoms with Crippen LogP contribution >= 0.6 is 0 Å². The van der Waals surface area contributed by atoms with Crippen LogP contribution in [0.5, 0.6) is 0 Å². The van der Waals surface area contributed by atoms with Crippen LogP contribution < -0.4 is 11.1 Å². The summed E-state index contributed by atoms with van der Waals surface area (Å²) in [7, 11) is 0. The zero-order valence-corrected chi connectivity index (χ0v) is 8.87. The zero-order valence-electron chi connectivity index (χ0n) is 8.87. The average Bonchev–Trinajstić information content (AvgIpc) is 2.25. The molecule has 78 valence electrons. The maximum atomic E-state index is 5.74. The quantitative estimate of drug-likeness (QED) is 0.533. The highest BCUT2D eigenvalue weighted by Crippen LogP contribution is 2.01. The van der Waals surface area contributed by atoms with Gasteiger partial charge in [-0.15, -0.1) is 0 Å². The molecule has 14 heavy (non-hydrogen) atoms. The van der Waals surface area contributed by atoms with Gasteiger partial charge in [0.15, 0.2) is 0 Å². The molecular formula is C12H20N2. The molecule has 1 unspecified atom stereocenters. The molecule has 1 atom stereocenters. The van der Waals surface area contributed by atoms with Crippen molar-refractivity contribution in [1.29, 1.82) is 0 Å². The Balaban J connectivity index is 2.10. The lowest BCUT2D eigenvalue weighted by Gasteiger charge is -2.10. The molecule has 0 aliphatic heterocycles. The van der Waals surface area contributed by atoms with Gasteiger partial charge < -0.3 is 11.1 Å². The highest BCUT2D eigenvalue weighted by atomic mass is 15.0. The van der Waals surface area contributed by atoms with Crippen molar-refractivity contribution in [2.75, 3.05) is 6.54 Å². The summed E-state index contributed by atoms with van der Waals surface area (Å²) >= 11 is 0. The molecule has 0 amide bonds. The molecule has 3 N–H and O–H groups in total. The van der Waals surface area contributed by atoms with E-state index in [1.54, 1.807) is 0 Å². The second-order valence-corrected chi connectivity index (χ2v) is 3.56. The van der Waals surface area contributed by atoms with Crippen LogP contribution in [0.3, 0.4) is 0 Å². The molecule has 1 aromatic carbocycles. The largest absolute Gasteiger partial charge is 0.316 e. The fourth-order valence-corrected chi connectivity index (χ4v) is 1.37. The number of hydrogen-bond donors (Lipinski definition) is 2. The SMILES string of the molecule is CCC(N)NCCCc1ccccc1. The molecule has 0 fully saturated rings. The van der Waals surface area contributed by atoms with Gasteiger partial charge in [0.2, 0.25) is 0 Å².